The molecule has 0 bridgehead atoms. The molecule has 3 heterocycles. The van der Waals surface area contributed by atoms with Gasteiger partial charge < -0.3 is 4.74 Å². The summed E-state index contributed by atoms with van der Waals surface area (Å²) in [4.78, 5) is 13.5. The van der Waals surface area contributed by atoms with Crippen LogP contribution in [0.5, 0.6) is 5.75 Å². The van der Waals surface area contributed by atoms with Crippen LogP contribution in [0.1, 0.15) is 11.4 Å². The van der Waals surface area contributed by atoms with Crippen molar-refractivity contribution in [3.63, 3.8) is 0 Å². The largest absolute Gasteiger partial charge is 0.497 e. The molecule has 0 radical (unpaired) electrons. The standard InChI is InChI=1S/C19H16N4O/c1-24-16-8-6-14(7-9-16)12-18-22-17-5-3-11-21-19(17)23(18)15-4-2-10-20-13-15/h2-11,13H,12H2,1H3. The quantitative estimate of drug-likeness (QED) is 0.579. The number of hydrogen-bond donors (Lipinski definition) is 0. The van der Waals surface area contributed by atoms with Gasteiger partial charge >= 0.3 is 0 Å². The van der Waals surface area contributed by atoms with Gasteiger partial charge in [0.15, 0.2) is 5.65 Å². The van der Waals surface area contributed by atoms with Crippen LogP contribution in [-0.4, -0.2) is 26.6 Å². The lowest BCUT2D eigenvalue weighted by Crippen LogP contribution is -2.03. The van der Waals surface area contributed by atoms with E-state index in [0.29, 0.717) is 6.42 Å². The van der Waals surface area contributed by atoms with Gasteiger partial charge in [-0.05, 0) is 42.0 Å². The van der Waals surface area contributed by atoms with E-state index in [1.165, 1.54) is 0 Å². The van der Waals surface area contributed by atoms with Gasteiger partial charge in [-0.3, -0.25) is 9.55 Å². The highest BCUT2D eigenvalue weighted by atomic mass is 16.5. The summed E-state index contributed by atoms with van der Waals surface area (Å²) in [6.07, 6.45) is 6.08. The molecule has 4 aromatic rings. The number of nitrogens with zero attached hydrogens (tertiary/aromatic N) is 4. The molecule has 0 unspecified atom stereocenters. The van der Waals surface area contributed by atoms with E-state index in [0.717, 1.165) is 34.0 Å². The van der Waals surface area contributed by atoms with Crippen molar-refractivity contribution in [1.29, 1.82) is 0 Å². The minimum atomic E-state index is 0.704. The number of benzene rings is 1. The molecule has 1 aromatic carbocycles. The Hall–Kier alpha value is -3.21. The first-order valence-electron chi connectivity index (χ1n) is 7.71. The van der Waals surface area contributed by atoms with Gasteiger partial charge in [-0.15, -0.1) is 0 Å². The number of fused-ring (bicyclic) bond motifs is 1. The summed E-state index contributed by atoms with van der Waals surface area (Å²) in [5, 5.41) is 0. The van der Waals surface area contributed by atoms with Crippen molar-refractivity contribution in [3.05, 3.63) is 78.5 Å². The predicted molar refractivity (Wildman–Crippen MR) is 92.5 cm³/mol. The molecule has 4 rings (SSSR count). The molecular weight excluding hydrogens is 300 g/mol. The number of imidazole rings is 1. The summed E-state index contributed by atoms with van der Waals surface area (Å²) in [6, 6.07) is 15.8. The zero-order valence-corrected chi connectivity index (χ0v) is 13.3. The highest BCUT2D eigenvalue weighted by Gasteiger charge is 2.13. The molecule has 5 heteroatoms. The monoisotopic (exact) mass is 316 g/mol. The number of pyridine rings is 2. The van der Waals surface area contributed by atoms with Crippen LogP contribution in [-0.2, 0) is 6.42 Å². The predicted octanol–water partition coefficient (Wildman–Crippen LogP) is 3.41. The van der Waals surface area contributed by atoms with E-state index in [9.17, 15) is 0 Å². The molecule has 0 aliphatic rings. The third-order valence-electron chi connectivity index (χ3n) is 3.91. The molecule has 0 saturated heterocycles. The Morgan fingerprint density at radius 2 is 1.83 bits per heavy atom. The van der Waals surface area contributed by atoms with E-state index in [4.69, 9.17) is 9.72 Å². The van der Waals surface area contributed by atoms with Crippen molar-refractivity contribution < 1.29 is 4.74 Å². The van der Waals surface area contributed by atoms with Crippen molar-refractivity contribution in [3.8, 4) is 11.4 Å². The summed E-state index contributed by atoms with van der Waals surface area (Å²) in [5.74, 6) is 1.78. The Labute approximate surface area is 139 Å². The summed E-state index contributed by atoms with van der Waals surface area (Å²) in [6.45, 7) is 0. The second kappa shape index (κ2) is 6.12. The zero-order valence-electron chi connectivity index (χ0n) is 13.3. The van der Waals surface area contributed by atoms with Gasteiger partial charge in [0.25, 0.3) is 0 Å². The second-order valence-corrected chi connectivity index (χ2v) is 5.45. The highest BCUT2D eigenvalue weighted by molar-refractivity contribution is 5.73. The molecule has 0 aliphatic heterocycles. The normalized spacial score (nSPS) is 10.9. The highest BCUT2D eigenvalue weighted by Crippen LogP contribution is 2.22. The van der Waals surface area contributed by atoms with Crippen LogP contribution >= 0.6 is 0 Å². The number of aromatic nitrogens is 4. The van der Waals surface area contributed by atoms with Gasteiger partial charge in [0.1, 0.15) is 17.1 Å². The fourth-order valence-corrected chi connectivity index (χ4v) is 2.76. The maximum Gasteiger partial charge on any atom is 0.164 e. The Bertz CT molecular complexity index is 962. The van der Waals surface area contributed by atoms with Crippen molar-refractivity contribution in [2.45, 2.75) is 6.42 Å². The number of methoxy groups -OCH3 is 1. The van der Waals surface area contributed by atoms with Gasteiger partial charge in [0.05, 0.1) is 19.0 Å². The molecule has 0 spiro atoms. The van der Waals surface area contributed by atoms with Crippen LogP contribution in [0, 0.1) is 0 Å². The maximum atomic E-state index is 5.22. The van der Waals surface area contributed by atoms with Crippen molar-refractivity contribution in [2.24, 2.45) is 0 Å². The topological polar surface area (TPSA) is 52.8 Å². The van der Waals surface area contributed by atoms with Crippen molar-refractivity contribution in [1.82, 2.24) is 19.5 Å². The fraction of sp³-hybridized carbons (Fsp3) is 0.105. The SMILES string of the molecule is COc1ccc(Cc2nc3cccnc3n2-c2cccnc2)cc1. The molecular formula is C19H16N4O. The van der Waals surface area contributed by atoms with Gasteiger partial charge in [0.2, 0.25) is 0 Å². The van der Waals surface area contributed by atoms with Crippen LogP contribution < -0.4 is 4.74 Å². The maximum absolute atomic E-state index is 5.22. The summed E-state index contributed by atoms with van der Waals surface area (Å²) in [7, 11) is 1.67. The molecule has 0 amide bonds. The molecule has 0 N–H and O–H groups in total. The number of rotatable bonds is 4. The summed E-state index contributed by atoms with van der Waals surface area (Å²) < 4.78 is 7.28. The molecule has 0 saturated carbocycles. The Balaban J connectivity index is 1.82. The minimum Gasteiger partial charge on any atom is -0.497 e. The molecule has 5 nitrogen and oxygen atoms in total. The zero-order chi connectivity index (χ0) is 16.4. The van der Waals surface area contributed by atoms with Crippen LogP contribution in [0.3, 0.4) is 0 Å². The summed E-state index contributed by atoms with van der Waals surface area (Å²) >= 11 is 0. The van der Waals surface area contributed by atoms with E-state index < -0.39 is 0 Å². The van der Waals surface area contributed by atoms with Gasteiger partial charge in [0, 0.05) is 18.8 Å². The first-order valence-corrected chi connectivity index (χ1v) is 7.71. The van der Waals surface area contributed by atoms with Crippen LogP contribution in [0.15, 0.2) is 67.1 Å². The van der Waals surface area contributed by atoms with Crippen LogP contribution in [0.25, 0.3) is 16.9 Å². The van der Waals surface area contributed by atoms with Gasteiger partial charge in [-0.2, -0.15) is 0 Å². The van der Waals surface area contributed by atoms with Gasteiger partial charge in [-0.25, -0.2) is 9.97 Å². The lowest BCUT2D eigenvalue weighted by Gasteiger charge is -2.08. The average Bonchev–Trinajstić information content (AvgIpc) is 3.01. The molecule has 0 atom stereocenters. The second-order valence-electron chi connectivity index (χ2n) is 5.45. The first-order chi connectivity index (χ1) is 11.8. The van der Waals surface area contributed by atoms with Gasteiger partial charge in [-0.1, -0.05) is 12.1 Å². The molecule has 24 heavy (non-hydrogen) atoms. The van der Waals surface area contributed by atoms with E-state index in [1.54, 1.807) is 19.5 Å². The number of ether oxygens (including phenoxy) is 1. The van der Waals surface area contributed by atoms with Crippen molar-refractivity contribution in [2.75, 3.05) is 7.11 Å². The smallest absolute Gasteiger partial charge is 0.164 e. The first kappa shape index (κ1) is 14.4. The average molecular weight is 316 g/mol. The fourth-order valence-electron chi connectivity index (χ4n) is 2.76. The number of hydrogen-bond acceptors (Lipinski definition) is 4. The van der Waals surface area contributed by atoms with Crippen LogP contribution in [0.4, 0.5) is 0 Å². The third-order valence-corrected chi connectivity index (χ3v) is 3.91. The minimum absolute atomic E-state index is 0.704. The van der Waals surface area contributed by atoms with E-state index in [2.05, 4.69) is 26.7 Å². The molecule has 118 valence electrons. The third kappa shape index (κ3) is 2.60. The Morgan fingerprint density at radius 1 is 1.00 bits per heavy atom. The van der Waals surface area contributed by atoms with Crippen molar-refractivity contribution >= 4 is 11.2 Å². The lowest BCUT2D eigenvalue weighted by atomic mass is 10.1. The molecule has 0 fully saturated rings. The summed E-state index contributed by atoms with van der Waals surface area (Å²) in [5.41, 5.74) is 3.84. The Morgan fingerprint density at radius 3 is 2.58 bits per heavy atom. The van der Waals surface area contributed by atoms with E-state index in [1.807, 2.05) is 42.6 Å². The van der Waals surface area contributed by atoms with Crippen LogP contribution in [0.2, 0.25) is 0 Å². The lowest BCUT2D eigenvalue weighted by molar-refractivity contribution is 0.414. The molecule has 0 aliphatic carbocycles. The van der Waals surface area contributed by atoms with E-state index >= 15 is 0 Å². The Kier molecular flexibility index (Phi) is 3.67. The molecule has 3 aromatic heterocycles. The van der Waals surface area contributed by atoms with E-state index in [-0.39, 0.29) is 0 Å².